The molecule has 7 heteroatoms. The molecule has 2 saturated carbocycles. The Kier molecular flexibility index (Phi) is 4.19. The summed E-state index contributed by atoms with van der Waals surface area (Å²) in [5.41, 5.74) is 1.35. The van der Waals surface area contributed by atoms with E-state index in [1.807, 2.05) is 0 Å². The molecule has 1 heterocycles. The average Bonchev–Trinajstić information content (AvgIpc) is 3.17. The maximum atomic E-state index is 12.6. The highest BCUT2D eigenvalue weighted by molar-refractivity contribution is 6.17. The first kappa shape index (κ1) is 15.2. The zero-order chi connectivity index (χ0) is 15.0. The van der Waals surface area contributed by atoms with E-state index in [9.17, 15) is 13.2 Å². The molecule has 3 rings (SSSR count). The molecule has 0 saturated heterocycles. The molecule has 2 fully saturated rings. The van der Waals surface area contributed by atoms with Gasteiger partial charge in [0, 0.05) is 17.4 Å². The van der Waals surface area contributed by atoms with Gasteiger partial charge in [0.2, 0.25) is 0 Å². The number of rotatable bonds is 4. The fourth-order valence-corrected chi connectivity index (χ4v) is 3.42. The number of hydrogen-bond acceptors (Lipinski definition) is 3. The largest absolute Gasteiger partial charge is 0.522 e. The normalized spacial score (nSPS) is 27.0. The molecule has 0 spiro atoms. The molecule has 2 atom stereocenters. The van der Waals surface area contributed by atoms with Crippen LogP contribution in [0.4, 0.5) is 13.2 Å². The van der Waals surface area contributed by atoms with Crippen molar-refractivity contribution in [3.63, 3.8) is 0 Å². The first-order chi connectivity index (χ1) is 9.99. The molecule has 2 aliphatic rings. The molecular formula is C14H17ClF3NO2. The average molecular weight is 324 g/mol. The molecule has 118 valence electrons. The van der Waals surface area contributed by atoms with Gasteiger partial charge in [0.15, 0.2) is 0 Å². The smallest absolute Gasteiger partial charge is 0.360 e. The fourth-order valence-electron chi connectivity index (χ4n) is 3.15. The monoisotopic (exact) mass is 323 g/mol. The minimum Gasteiger partial charge on any atom is -0.360 e. The van der Waals surface area contributed by atoms with E-state index in [1.54, 1.807) is 0 Å². The van der Waals surface area contributed by atoms with Crippen LogP contribution in [0.1, 0.15) is 67.4 Å². The lowest BCUT2D eigenvalue weighted by Gasteiger charge is -2.31. The topological polar surface area (TPSA) is 35.3 Å². The summed E-state index contributed by atoms with van der Waals surface area (Å²) in [6.45, 7) is 0. The van der Waals surface area contributed by atoms with E-state index >= 15 is 0 Å². The Morgan fingerprint density at radius 3 is 2.52 bits per heavy atom. The number of halogens is 4. The van der Waals surface area contributed by atoms with Crippen molar-refractivity contribution in [2.45, 2.75) is 68.7 Å². The van der Waals surface area contributed by atoms with Crippen molar-refractivity contribution in [2.24, 2.45) is 0 Å². The number of ether oxygens (including phenoxy) is 1. The molecule has 0 aromatic carbocycles. The van der Waals surface area contributed by atoms with Gasteiger partial charge in [-0.1, -0.05) is 18.0 Å². The quantitative estimate of drug-likeness (QED) is 0.743. The Morgan fingerprint density at radius 1 is 1.19 bits per heavy atom. The van der Waals surface area contributed by atoms with Crippen molar-refractivity contribution in [3.05, 3.63) is 17.0 Å². The molecular weight excluding hydrogens is 307 g/mol. The second-order valence-electron chi connectivity index (χ2n) is 5.81. The molecule has 3 nitrogen and oxygen atoms in total. The van der Waals surface area contributed by atoms with Gasteiger partial charge in [0.05, 0.1) is 17.7 Å². The summed E-state index contributed by atoms with van der Waals surface area (Å²) in [6.07, 6.45) is -0.824. The van der Waals surface area contributed by atoms with Crippen molar-refractivity contribution in [3.8, 4) is 0 Å². The molecule has 2 aliphatic carbocycles. The van der Waals surface area contributed by atoms with Crippen molar-refractivity contribution in [1.82, 2.24) is 5.16 Å². The lowest BCUT2D eigenvalue weighted by molar-refractivity contribution is -0.347. The number of nitrogens with zero attached hydrogens (tertiary/aromatic N) is 1. The van der Waals surface area contributed by atoms with Crippen molar-refractivity contribution >= 4 is 11.6 Å². The van der Waals surface area contributed by atoms with E-state index in [4.69, 9.17) is 16.1 Å². The summed E-state index contributed by atoms with van der Waals surface area (Å²) in [4.78, 5) is 0. The molecule has 1 aromatic heterocycles. The number of alkyl halides is 4. The van der Waals surface area contributed by atoms with Crippen LogP contribution in [0.2, 0.25) is 0 Å². The summed E-state index contributed by atoms with van der Waals surface area (Å²) in [5, 5.41) is 4.05. The van der Waals surface area contributed by atoms with Crippen molar-refractivity contribution in [1.29, 1.82) is 0 Å². The van der Waals surface area contributed by atoms with E-state index in [0.717, 1.165) is 37.0 Å². The lowest BCUT2D eigenvalue weighted by atomic mass is 9.82. The lowest BCUT2D eigenvalue weighted by Crippen LogP contribution is -2.32. The third kappa shape index (κ3) is 3.37. The first-order valence-electron chi connectivity index (χ1n) is 7.28. The van der Waals surface area contributed by atoms with Crippen LogP contribution in [0.5, 0.6) is 0 Å². The highest BCUT2D eigenvalue weighted by Crippen LogP contribution is 2.46. The SMILES string of the molecule is FC(F)(F)OC1CCCCC1c1noc(C2CC2)c1CCl. The molecule has 1 aromatic rings. The zero-order valence-corrected chi connectivity index (χ0v) is 12.2. The van der Waals surface area contributed by atoms with Gasteiger partial charge in [-0.15, -0.1) is 24.8 Å². The van der Waals surface area contributed by atoms with Gasteiger partial charge in [0.25, 0.3) is 0 Å². The van der Waals surface area contributed by atoms with Gasteiger partial charge in [-0.05, 0) is 25.7 Å². The third-order valence-electron chi connectivity index (χ3n) is 4.27. The predicted octanol–water partition coefficient (Wildman–Crippen LogP) is 4.85. The Morgan fingerprint density at radius 2 is 1.90 bits per heavy atom. The molecule has 0 aliphatic heterocycles. The van der Waals surface area contributed by atoms with Crippen molar-refractivity contribution in [2.75, 3.05) is 0 Å². The fraction of sp³-hybridized carbons (Fsp3) is 0.786. The van der Waals surface area contributed by atoms with Crippen LogP contribution in [-0.2, 0) is 10.6 Å². The Labute approximate surface area is 125 Å². The van der Waals surface area contributed by atoms with Crippen LogP contribution < -0.4 is 0 Å². The zero-order valence-electron chi connectivity index (χ0n) is 11.5. The molecule has 21 heavy (non-hydrogen) atoms. The minimum absolute atomic E-state index is 0.222. The highest BCUT2D eigenvalue weighted by atomic mass is 35.5. The van der Waals surface area contributed by atoms with Crippen LogP contribution in [-0.4, -0.2) is 17.6 Å². The van der Waals surface area contributed by atoms with Gasteiger partial charge in [-0.2, -0.15) is 0 Å². The van der Waals surface area contributed by atoms with Gasteiger partial charge < -0.3 is 4.52 Å². The summed E-state index contributed by atoms with van der Waals surface area (Å²) < 4.78 is 47.4. The number of hydrogen-bond donors (Lipinski definition) is 0. The van der Waals surface area contributed by atoms with Crippen LogP contribution in [0.15, 0.2) is 4.52 Å². The van der Waals surface area contributed by atoms with E-state index in [0.29, 0.717) is 24.5 Å². The summed E-state index contributed by atoms with van der Waals surface area (Å²) in [6, 6.07) is 0. The molecule has 2 unspecified atom stereocenters. The molecule has 0 N–H and O–H groups in total. The standard InChI is InChI=1S/C14H17ClF3NO2/c15-7-10-12(19-21-13(10)8-5-6-8)9-3-1-2-4-11(9)20-14(16,17)18/h8-9,11H,1-7H2. The first-order valence-corrected chi connectivity index (χ1v) is 7.82. The Bertz CT molecular complexity index is 499. The summed E-state index contributed by atoms with van der Waals surface area (Å²) in [5.74, 6) is 0.937. The van der Waals surface area contributed by atoms with Crippen molar-refractivity contribution < 1.29 is 22.4 Å². The van der Waals surface area contributed by atoms with Gasteiger partial charge >= 0.3 is 6.36 Å². The van der Waals surface area contributed by atoms with Gasteiger partial charge in [-0.3, -0.25) is 4.74 Å². The second-order valence-corrected chi connectivity index (χ2v) is 6.08. The molecule has 0 radical (unpaired) electrons. The second kappa shape index (κ2) is 5.80. The Hall–Kier alpha value is -0.750. The molecule has 0 amide bonds. The maximum absolute atomic E-state index is 12.6. The third-order valence-corrected chi connectivity index (χ3v) is 4.54. The predicted molar refractivity (Wildman–Crippen MR) is 70.2 cm³/mol. The minimum atomic E-state index is -4.62. The molecule has 0 bridgehead atoms. The number of aromatic nitrogens is 1. The van der Waals surface area contributed by atoms with Crippen LogP contribution in [0.3, 0.4) is 0 Å². The van der Waals surface area contributed by atoms with E-state index < -0.39 is 12.5 Å². The van der Waals surface area contributed by atoms with Gasteiger partial charge in [-0.25, -0.2) is 0 Å². The van der Waals surface area contributed by atoms with E-state index in [1.165, 1.54) is 0 Å². The van der Waals surface area contributed by atoms with Crippen LogP contribution >= 0.6 is 11.6 Å². The van der Waals surface area contributed by atoms with Gasteiger partial charge in [0.1, 0.15) is 5.76 Å². The van der Waals surface area contributed by atoms with Crippen LogP contribution in [0.25, 0.3) is 0 Å². The maximum Gasteiger partial charge on any atom is 0.522 e. The van der Waals surface area contributed by atoms with E-state index in [-0.39, 0.29) is 11.8 Å². The highest BCUT2D eigenvalue weighted by Gasteiger charge is 2.41. The van der Waals surface area contributed by atoms with Crippen LogP contribution in [0, 0.1) is 0 Å². The van der Waals surface area contributed by atoms with E-state index in [2.05, 4.69) is 9.89 Å². The Balaban J connectivity index is 1.85. The summed E-state index contributed by atoms with van der Waals surface area (Å²) in [7, 11) is 0. The summed E-state index contributed by atoms with van der Waals surface area (Å²) >= 11 is 5.99.